The summed E-state index contributed by atoms with van der Waals surface area (Å²) in [6, 6.07) is 9.43. The van der Waals surface area contributed by atoms with E-state index in [-0.39, 0.29) is 0 Å². The van der Waals surface area contributed by atoms with E-state index < -0.39 is 0 Å². The number of hydrogen-bond donors (Lipinski definition) is 0. The zero-order valence-corrected chi connectivity index (χ0v) is 12.0. The highest BCUT2D eigenvalue weighted by atomic mass is 32.2. The molecule has 0 saturated carbocycles. The molecule has 1 rings (SSSR count). The van der Waals surface area contributed by atoms with Gasteiger partial charge in [0, 0.05) is 0 Å². The first kappa shape index (κ1) is 14.9. The highest BCUT2D eigenvalue weighted by Gasteiger charge is 1.97. The van der Waals surface area contributed by atoms with Crippen molar-refractivity contribution in [2.75, 3.05) is 18.1 Å². The summed E-state index contributed by atoms with van der Waals surface area (Å²) in [7, 11) is 0. The Bertz CT molecular complexity index is 384. The smallest absolute Gasteiger partial charge is 0.120 e. The second kappa shape index (κ2) is 8.88. The quantitative estimate of drug-likeness (QED) is 0.662. The van der Waals surface area contributed by atoms with Crippen molar-refractivity contribution in [2.45, 2.75) is 26.7 Å². The Labute approximate surface area is 114 Å². The van der Waals surface area contributed by atoms with Gasteiger partial charge in [-0.3, -0.25) is 0 Å². The number of thioether (sulfide) groups is 1. The summed E-state index contributed by atoms with van der Waals surface area (Å²) in [5.41, 5.74) is 0.652. The normalized spacial score (nSPS) is 10.3. The van der Waals surface area contributed by atoms with Crippen molar-refractivity contribution in [1.29, 1.82) is 5.26 Å². The molecule has 0 fully saturated rings. The fourth-order valence-corrected chi connectivity index (χ4v) is 2.59. The van der Waals surface area contributed by atoms with Gasteiger partial charge in [-0.2, -0.15) is 17.0 Å². The Morgan fingerprint density at radius 1 is 1.33 bits per heavy atom. The van der Waals surface area contributed by atoms with Crippen LogP contribution in [0.15, 0.2) is 24.3 Å². The molecule has 0 saturated heterocycles. The van der Waals surface area contributed by atoms with Crippen LogP contribution in [-0.2, 0) is 0 Å². The minimum Gasteiger partial charge on any atom is -0.494 e. The van der Waals surface area contributed by atoms with Crippen LogP contribution >= 0.6 is 11.8 Å². The molecular formula is C15H21NOS. The lowest BCUT2D eigenvalue weighted by atomic mass is 10.2. The molecule has 0 aromatic heterocycles. The molecule has 18 heavy (non-hydrogen) atoms. The first-order valence-electron chi connectivity index (χ1n) is 6.43. The Morgan fingerprint density at radius 2 is 2.17 bits per heavy atom. The maximum Gasteiger partial charge on any atom is 0.120 e. The van der Waals surface area contributed by atoms with Crippen LogP contribution < -0.4 is 4.74 Å². The molecule has 2 nitrogen and oxygen atoms in total. The summed E-state index contributed by atoms with van der Waals surface area (Å²) in [6.07, 6.45) is 2.34. The third-order valence-electron chi connectivity index (χ3n) is 2.50. The summed E-state index contributed by atoms with van der Waals surface area (Å²) in [4.78, 5) is 0. The lowest BCUT2D eigenvalue weighted by molar-refractivity contribution is 0.318. The molecule has 1 aromatic rings. The predicted octanol–water partition coefficient (Wildman–Crippen LogP) is 4.11. The van der Waals surface area contributed by atoms with Crippen molar-refractivity contribution >= 4 is 11.8 Å². The van der Waals surface area contributed by atoms with Crippen molar-refractivity contribution < 1.29 is 4.74 Å². The lowest BCUT2D eigenvalue weighted by Gasteiger charge is -2.07. The first-order valence-corrected chi connectivity index (χ1v) is 7.58. The van der Waals surface area contributed by atoms with E-state index in [1.54, 1.807) is 12.1 Å². The zero-order chi connectivity index (χ0) is 13.2. The van der Waals surface area contributed by atoms with Crippen LogP contribution in [0.2, 0.25) is 0 Å². The molecule has 3 heteroatoms. The van der Waals surface area contributed by atoms with Gasteiger partial charge in [-0.1, -0.05) is 19.9 Å². The lowest BCUT2D eigenvalue weighted by Crippen LogP contribution is -1.99. The minimum absolute atomic E-state index is 0.652. The van der Waals surface area contributed by atoms with Crippen molar-refractivity contribution in [1.82, 2.24) is 0 Å². The van der Waals surface area contributed by atoms with Crippen molar-refractivity contribution in [2.24, 2.45) is 5.92 Å². The molecule has 0 heterocycles. The molecule has 0 aliphatic carbocycles. The van der Waals surface area contributed by atoms with E-state index in [0.717, 1.165) is 30.4 Å². The van der Waals surface area contributed by atoms with Crippen LogP contribution in [0.5, 0.6) is 5.75 Å². The van der Waals surface area contributed by atoms with E-state index in [1.807, 2.05) is 23.9 Å². The molecule has 0 N–H and O–H groups in total. The summed E-state index contributed by atoms with van der Waals surface area (Å²) >= 11 is 1.99. The second-order valence-electron chi connectivity index (χ2n) is 4.64. The maximum atomic E-state index is 8.77. The summed E-state index contributed by atoms with van der Waals surface area (Å²) < 4.78 is 5.61. The second-order valence-corrected chi connectivity index (χ2v) is 5.86. The SMILES string of the molecule is CC(C)CCSCCCOc1cccc(C#N)c1. The van der Waals surface area contributed by atoms with Gasteiger partial charge in [-0.25, -0.2) is 0 Å². The van der Waals surface area contributed by atoms with Gasteiger partial charge in [0.2, 0.25) is 0 Å². The zero-order valence-electron chi connectivity index (χ0n) is 11.2. The predicted molar refractivity (Wildman–Crippen MR) is 78.0 cm³/mol. The maximum absolute atomic E-state index is 8.77. The van der Waals surface area contributed by atoms with Crippen LogP contribution in [0.1, 0.15) is 32.3 Å². The molecule has 98 valence electrons. The van der Waals surface area contributed by atoms with E-state index in [0.29, 0.717) is 5.56 Å². The van der Waals surface area contributed by atoms with E-state index >= 15 is 0 Å². The van der Waals surface area contributed by atoms with Gasteiger partial charge in [0.25, 0.3) is 0 Å². The number of ether oxygens (including phenoxy) is 1. The average molecular weight is 263 g/mol. The van der Waals surface area contributed by atoms with Crippen molar-refractivity contribution in [3.05, 3.63) is 29.8 Å². The van der Waals surface area contributed by atoms with Gasteiger partial charge in [0.05, 0.1) is 18.2 Å². The van der Waals surface area contributed by atoms with Crippen LogP contribution in [0, 0.1) is 17.2 Å². The van der Waals surface area contributed by atoms with Gasteiger partial charge >= 0.3 is 0 Å². The van der Waals surface area contributed by atoms with Crippen LogP contribution in [0.4, 0.5) is 0 Å². The van der Waals surface area contributed by atoms with Gasteiger partial charge in [0.1, 0.15) is 5.75 Å². The van der Waals surface area contributed by atoms with Crippen molar-refractivity contribution in [3.63, 3.8) is 0 Å². The minimum atomic E-state index is 0.652. The monoisotopic (exact) mass is 263 g/mol. The Hall–Kier alpha value is -1.14. The molecule has 0 spiro atoms. The number of nitriles is 1. The average Bonchev–Trinajstić information content (AvgIpc) is 2.37. The fraction of sp³-hybridized carbons (Fsp3) is 0.533. The molecule has 0 radical (unpaired) electrons. The summed E-state index contributed by atoms with van der Waals surface area (Å²) in [5.74, 6) is 3.97. The molecule has 0 amide bonds. The van der Waals surface area contributed by atoms with Gasteiger partial charge in [-0.05, 0) is 48.5 Å². The van der Waals surface area contributed by atoms with E-state index in [9.17, 15) is 0 Å². The molecule has 1 aromatic carbocycles. The number of rotatable bonds is 8. The highest BCUT2D eigenvalue weighted by Crippen LogP contribution is 2.14. The van der Waals surface area contributed by atoms with Gasteiger partial charge < -0.3 is 4.74 Å². The standard InChI is InChI=1S/C15H21NOS/c1-13(2)7-10-18-9-4-8-17-15-6-3-5-14(11-15)12-16/h3,5-6,11,13H,4,7-10H2,1-2H3. The van der Waals surface area contributed by atoms with E-state index in [1.165, 1.54) is 12.2 Å². The van der Waals surface area contributed by atoms with E-state index in [2.05, 4.69) is 19.9 Å². The molecular weight excluding hydrogens is 242 g/mol. The first-order chi connectivity index (χ1) is 8.72. The van der Waals surface area contributed by atoms with Crippen LogP contribution in [-0.4, -0.2) is 18.1 Å². The largest absolute Gasteiger partial charge is 0.494 e. The summed E-state index contributed by atoms with van der Waals surface area (Å²) in [6.45, 7) is 5.24. The number of benzene rings is 1. The molecule has 0 atom stereocenters. The Kier molecular flexibility index (Phi) is 7.36. The van der Waals surface area contributed by atoms with E-state index in [4.69, 9.17) is 10.00 Å². The molecule has 0 aliphatic heterocycles. The van der Waals surface area contributed by atoms with Crippen LogP contribution in [0.3, 0.4) is 0 Å². The fourth-order valence-electron chi connectivity index (χ4n) is 1.43. The topological polar surface area (TPSA) is 33.0 Å². The third kappa shape index (κ3) is 6.56. The molecule has 0 unspecified atom stereocenters. The number of nitrogens with zero attached hydrogens (tertiary/aromatic N) is 1. The van der Waals surface area contributed by atoms with Gasteiger partial charge in [-0.15, -0.1) is 0 Å². The Morgan fingerprint density at radius 3 is 2.89 bits per heavy atom. The van der Waals surface area contributed by atoms with Gasteiger partial charge in [0.15, 0.2) is 0 Å². The number of hydrogen-bond acceptors (Lipinski definition) is 3. The molecule has 0 bridgehead atoms. The third-order valence-corrected chi connectivity index (χ3v) is 3.61. The highest BCUT2D eigenvalue weighted by molar-refractivity contribution is 7.99. The Balaban J connectivity index is 2.09. The van der Waals surface area contributed by atoms with Crippen LogP contribution in [0.25, 0.3) is 0 Å². The molecule has 0 aliphatic rings. The summed E-state index contributed by atoms with van der Waals surface area (Å²) in [5, 5.41) is 8.77. The van der Waals surface area contributed by atoms with Crippen molar-refractivity contribution in [3.8, 4) is 11.8 Å².